The molecule has 0 aliphatic heterocycles. The second kappa shape index (κ2) is 6.70. The molecule has 0 atom stereocenters. The molecule has 1 heterocycles. The second-order valence-electron chi connectivity index (χ2n) is 4.63. The Morgan fingerprint density at radius 3 is 2.73 bits per heavy atom. The molecule has 0 fully saturated rings. The van der Waals surface area contributed by atoms with Gasteiger partial charge >= 0.3 is 0 Å². The largest absolute Gasteiger partial charge is 0.483 e. The third-order valence-corrected chi connectivity index (χ3v) is 3.58. The molecule has 0 spiro atoms. The molecule has 6 heteroatoms. The normalized spacial score (nSPS) is 10.6. The van der Waals surface area contributed by atoms with Gasteiger partial charge in [-0.25, -0.2) is 4.39 Å². The molecule has 22 heavy (non-hydrogen) atoms. The number of ether oxygens (including phenoxy) is 1. The molecule has 3 aromatic rings. The van der Waals surface area contributed by atoms with Crippen molar-refractivity contribution in [3.05, 3.63) is 76.1 Å². The Balaban J connectivity index is 1.62. The Hall–Kier alpha value is -2.21. The smallest absolute Gasteiger partial charge is 0.264 e. The average Bonchev–Trinajstić information content (AvgIpc) is 2.95. The van der Waals surface area contributed by atoms with Crippen LogP contribution in [-0.2, 0) is 13.0 Å². The number of halogens is 2. The summed E-state index contributed by atoms with van der Waals surface area (Å²) in [6, 6.07) is 14.1. The highest BCUT2D eigenvalue weighted by atomic mass is 79.9. The maximum Gasteiger partial charge on any atom is 0.264 e. The fraction of sp³-hybridized carbons (Fsp3) is 0.125. The van der Waals surface area contributed by atoms with Crippen molar-refractivity contribution in [3.63, 3.8) is 0 Å². The van der Waals surface area contributed by atoms with Crippen molar-refractivity contribution in [2.45, 2.75) is 13.0 Å². The van der Waals surface area contributed by atoms with Gasteiger partial charge in [-0.05, 0) is 39.7 Å². The maximum absolute atomic E-state index is 13.0. The molecule has 0 unspecified atom stereocenters. The summed E-state index contributed by atoms with van der Waals surface area (Å²) in [5.41, 5.74) is 1.11. The molecule has 0 saturated heterocycles. The van der Waals surface area contributed by atoms with Gasteiger partial charge in [0.25, 0.3) is 5.89 Å². The summed E-state index contributed by atoms with van der Waals surface area (Å²) in [6.45, 7) is 0.131. The summed E-state index contributed by atoms with van der Waals surface area (Å²) >= 11 is 3.24. The molecule has 1 aromatic heterocycles. The van der Waals surface area contributed by atoms with Crippen molar-refractivity contribution in [1.82, 2.24) is 10.1 Å². The lowest BCUT2D eigenvalue weighted by Gasteiger charge is -2.05. The summed E-state index contributed by atoms with van der Waals surface area (Å²) in [6.07, 6.45) is 0.602. The Morgan fingerprint density at radius 2 is 1.95 bits per heavy atom. The Bertz CT molecular complexity index is 762. The fourth-order valence-corrected chi connectivity index (χ4v) is 2.40. The van der Waals surface area contributed by atoms with E-state index in [4.69, 9.17) is 9.26 Å². The molecule has 0 radical (unpaired) electrons. The van der Waals surface area contributed by atoms with Gasteiger partial charge in [-0.15, -0.1) is 0 Å². The van der Waals surface area contributed by atoms with Crippen molar-refractivity contribution in [2.24, 2.45) is 0 Å². The van der Waals surface area contributed by atoms with Crippen LogP contribution in [0.15, 0.2) is 57.5 Å². The lowest BCUT2D eigenvalue weighted by atomic mass is 10.1. The number of hydrogen-bond donors (Lipinski definition) is 0. The third-order valence-electron chi connectivity index (χ3n) is 2.96. The van der Waals surface area contributed by atoms with E-state index in [9.17, 15) is 4.39 Å². The summed E-state index contributed by atoms with van der Waals surface area (Å²) in [4.78, 5) is 4.28. The highest BCUT2D eigenvalue weighted by Gasteiger charge is 2.09. The zero-order valence-corrected chi connectivity index (χ0v) is 13.1. The zero-order valence-electron chi connectivity index (χ0n) is 11.5. The minimum atomic E-state index is -0.331. The van der Waals surface area contributed by atoms with Crippen LogP contribution in [-0.4, -0.2) is 10.1 Å². The predicted octanol–water partition coefficient (Wildman–Crippen LogP) is 4.14. The van der Waals surface area contributed by atoms with E-state index in [0.29, 0.717) is 28.4 Å². The van der Waals surface area contributed by atoms with Gasteiger partial charge in [0.2, 0.25) is 0 Å². The van der Waals surface area contributed by atoms with Gasteiger partial charge in [0.1, 0.15) is 11.6 Å². The number of rotatable bonds is 5. The van der Waals surface area contributed by atoms with E-state index in [1.54, 1.807) is 6.07 Å². The molecule has 0 aliphatic rings. The first-order valence-corrected chi connectivity index (χ1v) is 7.43. The van der Waals surface area contributed by atoms with Crippen LogP contribution in [0, 0.1) is 5.82 Å². The number of hydrogen-bond acceptors (Lipinski definition) is 4. The number of nitrogens with zero attached hydrogens (tertiary/aromatic N) is 2. The highest BCUT2D eigenvalue weighted by Crippen LogP contribution is 2.26. The first-order valence-electron chi connectivity index (χ1n) is 6.64. The van der Waals surface area contributed by atoms with Crippen LogP contribution in [0.1, 0.15) is 17.3 Å². The number of benzene rings is 2. The Kier molecular flexibility index (Phi) is 4.48. The highest BCUT2D eigenvalue weighted by molar-refractivity contribution is 9.10. The van der Waals surface area contributed by atoms with Crippen LogP contribution in [0.2, 0.25) is 0 Å². The standard InChI is InChI=1S/C16H12BrFN2O2/c17-13-9-12(18)6-7-14(13)21-10-16-19-15(20-22-16)8-11-4-2-1-3-5-11/h1-7,9H,8,10H2. The molecule has 0 amide bonds. The molecule has 0 aliphatic carbocycles. The van der Waals surface area contributed by atoms with Crippen molar-refractivity contribution in [3.8, 4) is 5.75 Å². The molecule has 0 N–H and O–H groups in total. The minimum Gasteiger partial charge on any atom is -0.483 e. The maximum atomic E-state index is 13.0. The third kappa shape index (κ3) is 3.71. The molecule has 4 nitrogen and oxygen atoms in total. The van der Waals surface area contributed by atoms with Crippen LogP contribution in [0.5, 0.6) is 5.75 Å². The van der Waals surface area contributed by atoms with Gasteiger partial charge in [-0.3, -0.25) is 0 Å². The SMILES string of the molecule is Fc1ccc(OCc2nc(Cc3ccccc3)no2)c(Br)c1. The first-order chi connectivity index (χ1) is 10.7. The number of aromatic nitrogens is 2. The van der Waals surface area contributed by atoms with Gasteiger partial charge in [-0.1, -0.05) is 35.5 Å². The lowest BCUT2D eigenvalue weighted by molar-refractivity contribution is 0.241. The molecule has 3 rings (SSSR count). The van der Waals surface area contributed by atoms with Crippen LogP contribution in [0.4, 0.5) is 4.39 Å². The molecule has 2 aromatic carbocycles. The first kappa shape index (κ1) is 14.7. The average molecular weight is 363 g/mol. The van der Waals surface area contributed by atoms with Crippen molar-refractivity contribution in [1.29, 1.82) is 0 Å². The van der Waals surface area contributed by atoms with Gasteiger partial charge in [0.15, 0.2) is 12.4 Å². The van der Waals surface area contributed by atoms with E-state index in [1.807, 2.05) is 30.3 Å². The van der Waals surface area contributed by atoms with Crippen LogP contribution < -0.4 is 4.74 Å². The lowest BCUT2D eigenvalue weighted by Crippen LogP contribution is -1.97. The molecular formula is C16H12BrFN2O2. The van der Waals surface area contributed by atoms with Gasteiger partial charge in [0, 0.05) is 6.42 Å². The van der Waals surface area contributed by atoms with Crippen molar-refractivity contribution >= 4 is 15.9 Å². The molecular weight excluding hydrogens is 351 g/mol. The zero-order chi connectivity index (χ0) is 15.4. The fourth-order valence-electron chi connectivity index (χ4n) is 1.93. The topological polar surface area (TPSA) is 48.2 Å². The van der Waals surface area contributed by atoms with Gasteiger partial charge < -0.3 is 9.26 Å². The van der Waals surface area contributed by atoms with Crippen molar-refractivity contribution < 1.29 is 13.7 Å². The predicted molar refractivity (Wildman–Crippen MR) is 82.0 cm³/mol. The second-order valence-corrected chi connectivity index (χ2v) is 5.48. The quantitative estimate of drug-likeness (QED) is 0.684. The van der Waals surface area contributed by atoms with E-state index in [-0.39, 0.29) is 12.4 Å². The van der Waals surface area contributed by atoms with E-state index in [1.165, 1.54) is 12.1 Å². The summed E-state index contributed by atoms with van der Waals surface area (Å²) in [5, 5.41) is 3.92. The van der Waals surface area contributed by atoms with E-state index < -0.39 is 0 Å². The monoisotopic (exact) mass is 362 g/mol. The molecule has 0 saturated carbocycles. The van der Waals surface area contributed by atoms with Crippen LogP contribution in [0.3, 0.4) is 0 Å². The van der Waals surface area contributed by atoms with Crippen LogP contribution >= 0.6 is 15.9 Å². The minimum absolute atomic E-state index is 0.131. The van der Waals surface area contributed by atoms with E-state index >= 15 is 0 Å². The summed E-state index contributed by atoms with van der Waals surface area (Å²) in [7, 11) is 0. The van der Waals surface area contributed by atoms with Crippen LogP contribution in [0.25, 0.3) is 0 Å². The molecule has 112 valence electrons. The summed E-state index contributed by atoms with van der Waals surface area (Å²) < 4.78 is 24.2. The molecule has 0 bridgehead atoms. The van der Waals surface area contributed by atoms with E-state index in [2.05, 4.69) is 26.1 Å². The van der Waals surface area contributed by atoms with Gasteiger partial charge in [-0.2, -0.15) is 4.98 Å². The van der Waals surface area contributed by atoms with E-state index in [0.717, 1.165) is 5.56 Å². The Morgan fingerprint density at radius 1 is 1.14 bits per heavy atom. The summed E-state index contributed by atoms with van der Waals surface area (Å²) in [5.74, 6) is 1.16. The Labute approximate surface area is 135 Å². The van der Waals surface area contributed by atoms with Gasteiger partial charge in [0.05, 0.1) is 4.47 Å². The van der Waals surface area contributed by atoms with Crippen molar-refractivity contribution in [2.75, 3.05) is 0 Å².